The maximum absolute atomic E-state index is 11.3. The quantitative estimate of drug-likeness (QED) is 0.515. The number of methoxy groups -OCH3 is 1. The number of rotatable bonds is 3. The fourth-order valence-corrected chi connectivity index (χ4v) is 1.41. The van der Waals surface area contributed by atoms with Gasteiger partial charge in [-0.05, 0) is 24.6 Å². The standard InChI is InChI=1S/C11H15NO4/c1-11(12,10(15)16-2)6-7-3-4-8(13)9(14)5-7/h3-5,13-14H,6,12H2,1-2H3/t11-/m0/s1. The summed E-state index contributed by atoms with van der Waals surface area (Å²) in [4.78, 5) is 11.3. The van der Waals surface area contributed by atoms with Crippen LogP contribution in [0.15, 0.2) is 18.2 Å². The van der Waals surface area contributed by atoms with Gasteiger partial charge in [-0.25, -0.2) is 0 Å². The summed E-state index contributed by atoms with van der Waals surface area (Å²) < 4.78 is 4.57. The maximum Gasteiger partial charge on any atom is 0.325 e. The van der Waals surface area contributed by atoms with Crippen LogP contribution in [0.2, 0.25) is 0 Å². The van der Waals surface area contributed by atoms with E-state index in [-0.39, 0.29) is 17.9 Å². The molecule has 0 amide bonds. The molecule has 1 atom stereocenters. The molecule has 0 bridgehead atoms. The van der Waals surface area contributed by atoms with Crippen LogP contribution in [-0.4, -0.2) is 28.8 Å². The molecule has 0 saturated heterocycles. The Balaban J connectivity index is 2.88. The number of carbonyl (C=O) groups is 1. The summed E-state index contributed by atoms with van der Waals surface area (Å²) in [6.07, 6.45) is 0.216. The molecule has 0 spiro atoms. The second-order valence-electron chi connectivity index (χ2n) is 3.91. The Labute approximate surface area is 93.5 Å². The monoisotopic (exact) mass is 225 g/mol. The van der Waals surface area contributed by atoms with Crippen molar-refractivity contribution >= 4 is 5.97 Å². The summed E-state index contributed by atoms with van der Waals surface area (Å²) in [6.45, 7) is 1.54. The zero-order valence-corrected chi connectivity index (χ0v) is 9.23. The van der Waals surface area contributed by atoms with Crippen molar-refractivity contribution in [2.75, 3.05) is 7.11 Å². The number of esters is 1. The predicted molar refractivity (Wildman–Crippen MR) is 58.1 cm³/mol. The first-order valence-corrected chi connectivity index (χ1v) is 4.75. The SMILES string of the molecule is COC(=O)[C@@](C)(N)Cc1ccc(O)c(O)c1. The van der Waals surface area contributed by atoms with Crippen LogP contribution in [0.1, 0.15) is 12.5 Å². The Hall–Kier alpha value is -1.75. The average molecular weight is 225 g/mol. The largest absolute Gasteiger partial charge is 0.504 e. The average Bonchev–Trinajstić information content (AvgIpc) is 2.22. The van der Waals surface area contributed by atoms with E-state index in [4.69, 9.17) is 10.8 Å². The van der Waals surface area contributed by atoms with Crippen LogP contribution in [0.25, 0.3) is 0 Å². The van der Waals surface area contributed by atoms with Gasteiger partial charge >= 0.3 is 5.97 Å². The van der Waals surface area contributed by atoms with Gasteiger partial charge in [0.1, 0.15) is 5.54 Å². The van der Waals surface area contributed by atoms with Gasteiger partial charge in [0.05, 0.1) is 7.11 Å². The number of phenolic OH excluding ortho intramolecular Hbond substituents is 2. The van der Waals surface area contributed by atoms with Crippen LogP contribution in [-0.2, 0) is 16.0 Å². The fraction of sp³-hybridized carbons (Fsp3) is 0.364. The summed E-state index contributed by atoms with van der Waals surface area (Å²) >= 11 is 0. The topological polar surface area (TPSA) is 92.8 Å². The van der Waals surface area contributed by atoms with Gasteiger partial charge in [-0.2, -0.15) is 0 Å². The third kappa shape index (κ3) is 2.64. The van der Waals surface area contributed by atoms with Crippen LogP contribution >= 0.6 is 0 Å². The summed E-state index contributed by atoms with van der Waals surface area (Å²) in [6, 6.07) is 4.30. The van der Waals surface area contributed by atoms with Crippen molar-refractivity contribution in [3.05, 3.63) is 23.8 Å². The molecule has 16 heavy (non-hydrogen) atoms. The highest BCUT2D eigenvalue weighted by atomic mass is 16.5. The number of hydrogen-bond acceptors (Lipinski definition) is 5. The molecule has 1 aromatic rings. The molecule has 0 saturated carbocycles. The van der Waals surface area contributed by atoms with Gasteiger partial charge in [0.25, 0.3) is 0 Å². The summed E-state index contributed by atoms with van der Waals surface area (Å²) in [5.41, 5.74) is 5.26. The predicted octanol–water partition coefficient (Wildman–Crippen LogP) is 0.531. The van der Waals surface area contributed by atoms with Crippen molar-refractivity contribution in [1.29, 1.82) is 0 Å². The number of hydrogen-bond donors (Lipinski definition) is 3. The lowest BCUT2D eigenvalue weighted by molar-refractivity contribution is -0.146. The van der Waals surface area contributed by atoms with E-state index in [0.29, 0.717) is 5.56 Å². The first-order chi connectivity index (χ1) is 7.36. The van der Waals surface area contributed by atoms with Crippen molar-refractivity contribution in [3.63, 3.8) is 0 Å². The maximum atomic E-state index is 11.3. The second-order valence-corrected chi connectivity index (χ2v) is 3.91. The molecule has 5 nitrogen and oxygen atoms in total. The lowest BCUT2D eigenvalue weighted by atomic mass is 9.94. The molecule has 0 aromatic heterocycles. The van der Waals surface area contributed by atoms with Gasteiger partial charge in [-0.1, -0.05) is 6.07 Å². The van der Waals surface area contributed by atoms with Gasteiger partial charge in [-0.15, -0.1) is 0 Å². The lowest BCUT2D eigenvalue weighted by Gasteiger charge is -2.21. The van der Waals surface area contributed by atoms with Crippen LogP contribution in [0, 0.1) is 0 Å². The molecule has 88 valence electrons. The zero-order valence-electron chi connectivity index (χ0n) is 9.23. The molecule has 0 aliphatic rings. The first kappa shape index (κ1) is 12.3. The minimum absolute atomic E-state index is 0.208. The molecule has 0 unspecified atom stereocenters. The van der Waals surface area contributed by atoms with E-state index in [9.17, 15) is 9.90 Å². The third-order valence-corrected chi connectivity index (χ3v) is 2.26. The summed E-state index contributed by atoms with van der Waals surface area (Å²) in [5.74, 6) is -0.973. The van der Waals surface area contributed by atoms with Crippen LogP contribution in [0.5, 0.6) is 11.5 Å². The Kier molecular flexibility index (Phi) is 3.39. The van der Waals surface area contributed by atoms with Crippen molar-refractivity contribution in [1.82, 2.24) is 0 Å². The molecule has 0 radical (unpaired) electrons. The van der Waals surface area contributed by atoms with Gasteiger partial charge in [-0.3, -0.25) is 4.79 Å². The van der Waals surface area contributed by atoms with E-state index in [0.717, 1.165) is 0 Å². The number of ether oxygens (including phenoxy) is 1. The molecular weight excluding hydrogens is 210 g/mol. The number of benzene rings is 1. The first-order valence-electron chi connectivity index (χ1n) is 4.75. The molecule has 0 aliphatic carbocycles. The van der Waals surface area contributed by atoms with E-state index in [2.05, 4.69) is 4.74 Å². The number of phenols is 2. The smallest absolute Gasteiger partial charge is 0.325 e. The number of carbonyl (C=O) groups excluding carboxylic acids is 1. The minimum Gasteiger partial charge on any atom is -0.504 e. The molecule has 0 fully saturated rings. The fourth-order valence-electron chi connectivity index (χ4n) is 1.41. The summed E-state index contributed by atoms with van der Waals surface area (Å²) in [5, 5.41) is 18.4. The molecule has 0 aliphatic heterocycles. The van der Waals surface area contributed by atoms with Crippen LogP contribution in [0.3, 0.4) is 0 Å². The molecule has 1 aromatic carbocycles. The van der Waals surface area contributed by atoms with E-state index >= 15 is 0 Å². The van der Waals surface area contributed by atoms with E-state index < -0.39 is 11.5 Å². The highest BCUT2D eigenvalue weighted by Gasteiger charge is 2.29. The number of nitrogens with two attached hydrogens (primary N) is 1. The van der Waals surface area contributed by atoms with Crippen molar-refractivity contribution in [2.24, 2.45) is 5.73 Å². The normalized spacial score (nSPS) is 14.2. The van der Waals surface area contributed by atoms with Crippen LogP contribution in [0.4, 0.5) is 0 Å². The molecule has 5 heteroatoms. The van der Waals surface area contributed by atoms with Crippen molar-refractivity contribution in [2.45, 2.75) is 18.9 Å². The van der Waals surface area contributed by atoms with E-state index in [1.165, 1.54) is 19.2 Å². The van der Waals surface area contributed by atoms with Gasteiger partial charge in [0.2, 0.25) is 0 Å². The summed E-state index contributed by atoms with van der Waals surface area (Å²) in [7, 11) is 1.27. The van der Waals surface area contributed by atoms with E-state index in [1.54, 1.807) is 13.0 Å². The Morgan fingerprint density at radius 1 is 1.44 bits per heavy atom. The van der Waals surface area contributed by atoms with Crippen molar-refractivity contribution < 1.29 is 19.7 Å². The molecule has 0 heterocycles. The Morgan fingerprint density at radius 3 is 2.56 bits per heavy atom. The second kappa shape index (κ2) is 4.40. The molecular formula is C11H15NO4. The Morgan fingerprint density at radius 2 is 2.06 bits per heavy atom. The number of aromatic hydroxyl groups is 2. The van der Waals surface area contributed by atoms with Gasteiger partial charge in [0, 0.05) is 6.42 Å². The minimum atomic E-state index is -1.15. The lowest BCUT2D eigenvalue weighted by Crippen LogP contribution is -2.47. The molecule has 1 rings (SSSR count). The highest BCUT2D eigenvalue weighted by Crippen LogP contribution is 2.26. The van der Waals surface area contributed by atoms with Crippen molar-refractivity contribution in [3.8, 4) is 11.5 Å². The van der Waals surface area contributed by atoms with Gasteiger partial charge < -0.3 is 20.7 Å². The van der Waals surface area contributed by atoms with Crippen LogP contribution < -0.4 is 5.73 Å². The van der Waals surface area contributed by atoms with E-state index in [1.807, 2.05) is 0 Å². The zero-order chi connectivity index (χ0) is 12.3. The van der Waals surface area contributed by atoms with Gasteiger partial charge in [0.15, 0.2) is 11.5 Å². The highest BCUT2D eigenvalue weighted by molar-refractivity contribution is 5.80. The third-order valence-electron chi connectivity index (χ3n) is 2.26. The molecule has 4 N–H and O–H groups in total. The Bertz CT molecular complexity index is 401.